The van der Waals surface area contributed by atoms with Crippen molar-refractivity contribution in [1.82, 2.24) is 20.3 Å². The van der Waals surface area contributed by atoms with Crippen molar-refractivity contribution >= 4 is 26.6 Å². The van der Waals surface area contributed by atoms with E-state index in [-0.39, 0.29) is 30.8 Å². The van der Waals surface area contributed by atoms with Crippen molar-refractivity contribution in [2.24, 2.45) is 0 Å². The predicted molar refractivity (Wildman–Crippen MR) is 159 cm³/mol. The van der Waals surface area contributed by atoms with Gasteiger partial charge in [0.2, 0.25) is 15.7 Å². The molecule has 1 N–H and O–H groups in total. The lowest BCUT2D eigenvalue weighted by atomic mass is 9.87. The summed E-state index contributed by atoms with van der Waals surface area (Å²) in [6.45, 7) is 8.27. The van der Waals surface area contributed by atoms with Crippen LogP contribution in [0, 0.1) is 0 Å². The van der Waals surface area contributed by atoms with E-state index >= 15 is 0 Å². The molecule has 3 aromatic heterocycles. The summed E-state index contributed by atoms with van der Waals surface area (Å²) in [5, 5.41) is 3.43. The number of alkyl halides is 2. The quantitative estimate of drug-likeness (QED) is 0.258. The standard InChI is InChI=1S/C31H32F2N4O5S.H2/c1-30(2)14-23(15-31(3,4)42-30)41-27-11-9-20(17-35-27)25-10-8-21-16-34-22(13-26(21)37-25)18-36-28(38)19-6-5-7-24(12-19)43(39,40)29(32)33;/h5-13,16-17,23,29H,14-15,18H2,1-4H3,(H,36,38);1H. The number of aromatic nitrogens is 3. The number of halogens is 2. The van der Waals surface area contributed by atoms with Crippen LogP contribution in [-0.4, -0.2) is 52.3 Å². The predicted octanol–water partition coefficient (Wildman–Crippen LogP) is 5.98. The van der Waals surface area contributed by atoms with Crippen LogP contribution in [-0.2, 0) is 21.1 Å². The van der Waals surface area contributed by atoms with Crippen molar-refractivity contribution in [3.63, 3.8) is 0 Å². The summed E-state index contributed by atoms with van der Waals surface area (Å²) in [5.41, 5.74) is 2.00. The number of hydrogen-bond acceptors (Lipinski definition) is 8. The summed E-state index contributed by atoms with van der Waals surface area (Å²) in [6.07, 6.45) is 4.85. The number of ether oxygens (including phenoxy) is 2. The molecule has 0 unspecified atom stereocenters. The van der Waals surface area contributed by atoms with Crippen molar-refractivity contribution in [1.29, 1.82) is 0 Å². The fraction of sp³-hybridized carbons (Fsp3) is 0.355. The van der Waals surface area contributed by atoms with E-state index in [2.05, 4.69) is 43.0 Å². The zero-order chi connectivity index (χ0) is 31.0. The summed E-state index contributed by atoms with van der Waals surface area (Å²) in [4.78, 5) is 25.6. The number of rotatable bonds is 8. The molecule has 1 aromatic carbocycles. The molecule has 0 aliphatic carbocycles. The molecule has 1 aliphatic heterocycles. The van der Waals surface area contributed by atoms with Crippen LogP contribution >= 0.6 is 0 Å². The van der Waals surface area contributed by atoms with E-state index < -0.39 is 26.4 Å². The Labute approximate surface area is 250 Å². The maximum absolute atomic E-state index is 12.9. The van der Waals surface area contributed by atoms with E-state index in [0.29, 0.717) is 22.8 Å². The largest absolute Gasteiger partial charge is 0.474 e. The number of nitrogens with one attached hydrogen (secondary N) is 1. The van der Waals surface area contributed by atoms with Gasteiger partial charge in [0.15, 0.2) is 0 Å². The summed E-state index contributed by atoms with van der Waals surface area (Å²) in [5.74, 6) is -3.68. The minimum atomic E-state index is -4.82. The first-order valence-electron chi connectivity index (χ1n) is 13.7. The average Bonchev–Trinajstić information content (AvgIpc) is 2.94. The molecule has 1 amide bonds. The highest BCUT2D eigenvalue weighted by molar-refractivity contribution is 7.91. The number of sulfone groups is 1. The maximum atomic E-state index is 12.9. The van der Waals surface area contributed by atoms with Gasteiger partial charge in [-0.2, -0.15) is 8.78 Å². The summed E-state index contributed by atoms with van der Waals surface area (Å²) in [7, 11) is -4.82. The van der Waals surface area contributed by atoms with E-state index in [1.807, 2.05) is 24.3 Å². The van der Waals surface area contributed by atoms with Gasteiger partial charge in [-0.3, -0.25) is 9.78 Å². The van der Waals surface area contributed by atoms with E-state index in [4.69, 9.17) is 14.5 Å². The third-order valence-corrected chi connectivity index (χ3v) is 8.41. The van der Waals surface area contributed by atoms with Gasteiger partial charge in [-0.15, -0.1) is 0 Å². The minimum absolute atomic E-state index is 0. The van der Waals surface area contributed by atoms with Gasteiger partial charge in [0.1, 0.15) is 6.10 Å². The molecule has 4 aromatic rings. The van der Waals surface area contributed by atoms with E-state index in [1.165, 1.54) is 12.1 Å². The molecule has 1 aliphatic rings. The number of amides is 1. The topological polar surface area (TPSA) is 120 Å². The highest BCUT2D eigenvalue weighted by Crippen LogP contribution is 2.36. The fourth-order valence-corrected chi connectivity index (χ4v) is 6.13. The SMILES string of the molecule is CC1(C)CC(Oc2ccc(-c3ccc4cnc(CNC(=O)c5cccc(S(=O)(=O)C(F)F)c5)cc4n3)cn2)CC(C)(C)O1.[HH]. The second-order valence-electron chi connectivity index (χ2n) is 11.7. The molecule has 228 valence electrons. The molecule has 9 nitrogen and oxygen atoms in total. The molecule has 0 bridgehead atoms. The second kappa shape index (κ2) is 11.6. The molecule has 43 heavy (non-hydrogen) atoms. The zero-order valence-electron chi connectivity index (χ0n) is 24.2. The van der Waals surface area contributed by atoms with Crippen molar-refractivity contribution in [3.05, 3.63) is 78.2 Å². The van der Waals surface area contributed by atoms with Crippen LogP contribution in [0.3, 0.4) is 0 Å². The highest BCUT2D eigenvalue weighted by atomic mass is 32.2. The van der Waals surface area contributed by atoms with Crippen LogP contribution in [0.15, 0.2) is 71.9 Å². The molecule has 1 fully saturated rings. The van der Waals surface area contributed by atoms with Gasteiger partial charge in [0.05, 0.1) is 39.5 Å². The molecule has 0 spiro atoms. The monoisotopic (exact) mass is 612 g/mol. The van der Waals surface area contributed by atoms with Crippen molar-refractivity contribution in [2.75, 3.05) is 0 Å². The molecule has 4 heterocycles. The van der Waals surface area contributed by atoms with Crippen LogP contribution in [0.5, 0.6) is 5.88 Å². The number of pyridine rings is 3. The van der Waals surface area contributed by atoms with Gasteiger partial charge in [0.25, 0.3) is 5.91 Å². The van der Waals surface area contributed by atoms with Crippen LogP contribution in [0.25, 0.3) is 22.2 Å². The average molecular weight is 613 g/mol. The Kier molecular flexibility index (Phi) is 8.19. The summed E-state index contributed by atoms with van der Waals surface area (Å²) >= 11 is 0. The molecular weight excluding hydrogens is 578 g/mol. The van der Waals surface area contributed by atoms with Crippen LogP contribution in [0.1, 0.15) is 58.0 Å². The number of fused-ring (bicyclic) bond motifs is 1. The first kappa shape index (κ1) is 30.4. The van der Waals surface area contributed by atoms with Gasteiger partial charge in [-0.1, -0.05) is 6.07 Å². The van der Waals surface area contributed by atoms with Gasteiger partial charge in [-0.25, -0.2) is 18.4 Å². The Balaban J connectivity index is 0.00000442. The third kappa shape index (κ3) is 7.14. The zero-order valence-corrected chi connectivity index (χ0v) is 25.0. The number of nitrogens with zero attached hydrogens (tertiary/aromatic N) is 3. The molecular formula is C31H34F2N4O5S. The lowest BCUT2D eigenvalue weighted by molar-refractivity contribution is -0.182. The Morgan fingerprint density at radius 2 is 1.79 bits per heavy atom. The number of carbonyl (C=O) groups excluding carboxylic acids is 1. The third-order valence-electron chi connectivity index (χ3n) is 7.03. The summed E-state index contributed by atoms with van der Waals surface area (Å²) < 4.78 is 61.7. The lowest BCUT2D eigenvalue weighted by Crippen LogP contribution is -2.49. The summed E-state index contributed by atoms with van der Waals surface area (Å²) in [6, 6.07) is 13.7. The molecule has 1 saturated heterocycles. The maximum Gasteiger partial charge on any atom is 0.341 e. The fourth-order valence-electron chi connectivity index (χ4n) is 5.36. The van der Waals surface area contributed by atoms with E-state index in [0.717, 1.165) is 35.9 Å². The van der Waals surface area contributed by atoms with E-state index in [1.54, 1.807) is 18.5 Å². The normalized spacial score (nSPS) is 16.7. The van der Waals surface area contributed by atoms with Crippen molar-refractivity contribution in [2.45, 2.75) is 75.0 Å². The Morgan fingerprint density at radius 3 is 2.47 bits per heavy atom. The van der Waals surface area contributed by atoms with Gasteiger partial charge in [0, 0.05) is 49.2 Å². The van der Waals surface area contributed by atoms with Crippen LogP contribution < -0.4 is 10.1 Å². The smallest absolute Gasteiger partial charge is 0.341 e. The van der Waals surface area contributed by atoms with Crippen LogP contribution in [0.4, 0.5) is 8.78 Å². The molecule has 0 radical (unpaired) electrons. The highest BCUT2D eigenvalue weighted by Gasteiger charge is 2.40. The molecule has 0 atom stereocenters. The number of carbonyl (C=O) groups is 1. The first-order chi connectivity index (χ1) is 20.2. The number of benzene rings is 1. The minimum Gasteiger partial charge on any atom is -0.474 e. The van der Waals surface area contributed by atoms with Crippen molar-refractivity contribution in [3.8, 4) is 17.1 Å². The Bertz CT molecular complexity index is 1750. The van der Waals surface area contributed by atoms with Gasteiger partial charge < -0.3 is 14.8 Å². The van der Waals surface area contributed by atoms with Crippen LogP contribution in [0.2, 0.25) is 0 Å². The van der Waals surface area contributed by atoms with E-state index in [9.17, 15) is 22.0 Å². The lowest BCUT2D eigenvalue weighted by Gasteiger charge is -2.44. The van der Waals surface area contributed by atoms with Gasteiger partial charge in [-0.05, 0) is 70.2 Å². The Hall–Kier alpha value is -4.03. The second-order valence-corrected chi connectivity index (χ2v) is 13.7. The molecule has 12 heteroatoms. The number of hydrogen-bond donors (Lipinski definition) is 1. The van der Waals surface area contributed by atoms with Crippen molar-refractivity contribution < 1.29 is 32.9 Å². The molecule has 5 rings (SSSR count). The first-order valence-corrected chi connectivity index (χ1v) is 15.2. The molecule has 0 saturated carbocycles. The Morgan fingerprint density at radius 1 is 1.05 bits per heavy atom. The van der Waals surface area contributed by atoms with Gasteiger partial charge >= 0.3 is 5.76 Å².